The third kappa shape index (κ3) is 2.95. The first-order valence-electron chi connectivity index (χ1n) is 8.26. The van der Waals surface area contributed by atoms with Gasteiger partial charge in [-0.3, -0.25) is 0 Å². The predicted octanol–water partition coefficient (Wildman–Crippen LogP) is 4.09. The van der Waals surface area contributed by atoms with Crippen molar-refractivity contribution in [2.75, 3.05) is 16.8 Å². The fourth-order valence-corrected chi connectivity index (χ4v) is 3.07. The van der Waals surface area contributed by atoms with Crippen LogP contribution in [0, 0.1) is 6.92 Å². The van der Waals surface area contributed by atoms with Gasteiger partial charge in [0.15, 0.2) is 0 Å². The van der Waals surface area contributed by atoms with Crippen molar-refractivity contribution in [3.63, 3.8) is 0 Å². The van der Waals surface area contributed by atoms with Gasteiger partial charge in [-0.05, 0) is 30.5 Å². The van der Waals surface area contributed by atoms with E-state index in [9.17, 15) is 0 Å². The molecule has 0 saturated heterocycles. The normalized spacial score (nSPS) is 13.0. The molecule has 2 heterocycles. The summed E-state index contributed by atoms with van der Waals surface area (Å²) in [5.74, 6) is 1.80. The minimum Gasteiger partial charge on any atom is -0.366 e. The quantitative estimate of drug-likeness (QED) is 0.787. The maximum Gasteiger partial charge on any atom is 0.138 e. The molecule has 0 radical (unpaired) electrons. The highest BCUT2D eigenvalue weighted by Gasteiger charge is 2.20. The van der Waals surface area contributed by atoms with Gasteiger partial charge < -0.3 is 10.2 Å². The van der Waals surface area contributed by atoms with Crippen LogP contribution in [0.4, 0.5) is 17.3 Å². The summed E-state index contributed by atoms with van der Waals surface area (Å²) in [5.41, 5.74) is 5.15. The summed E-state index contributed by atoms with van der Waals surface area (Å²) in [7, 11) is 0. The molecule has 0 atom stereocenters. The molecule has 0 fully saturated rings. The van der Waals surface area contributed by atoms with E-state index in [1.54, 1.807) is 6.33 Å². The summed E-state index contributed by atoms with van der Waals surface area (Å²) < 4.78 is 0. The molecule has 3 aromatic rings. The Hall–Kier alpha value is -2.88. The zero-order valence-corrected chi connectivity index (χ0v) is 13.7. The van der Waals surface area contributed by atoms with Gasteiger partial charge in [-0.25, -0.2) is 9.97 Å². The maximum atomic E-state index is 4.46. The Morgan fingerprint density at radius 3 is 2.75 bits per heavy atom. The standard InChI is InChI=1S/C20H20N4/c1-15-6-8-16(9-7-15)13-21-19-12-20(23-14-22-19)24-11-10-17-4-2-3-5-18(17)24/h2-9,12,14H,10-11,13H2,1H3,(H,21,22,23). The molecule has 0 bridgehead atoms. The van der Waals surface area contributed by atoms with Crippen LogP contribution in [-0.2, 0) is 13.0 Å². The fraction of sp³-hybridized carbons (Fsp3) is 0.200. The van der Waals surface area contributed by atoms with Crippen LogP contribution in [0.25, 0.3) is 0 Å². The maximum absolute atomic E-state index is 4.46. The molecule has 0 unspecified atom stereocenters. The van der Waals surface area contributed by atoms with Crippen molar-refractivity contribution in [1.29, 1.82) is 0 Å². The van der Waals surface area contributed by atoms with Crippen LogP contribution in [0.1, 0.15) is 16.7 Å². The minimum atomic E-state index is 0.757. The molecule has 4 heteroatoms. The van der Waals surface area contributed by atoms with Gasteiger partial charge in [0.2, 0.25) is 0 Å². The van der Waals surface area contributed by atoms with Crippen LogP contribution in [0.15, 0.2) is 60.9 Å². The number of aromatic nitrogens is 2. The van der Waals surface area contributed by atoms with E-state index in [2.05, 4.69) is 75.6 Å². The van der Waals surface area contributed by atoms with Gasteiger partial charge in [0.25, 0.3) is 0 Å². The Morgan fingerprint density at radius 1 is 1.04 bits per heavy atom. The van der Waals surface area contributed by atoms with Gasteiger partial charge in [0.1, 0.15) is 18.0 Å². The largest absolute Gasteiger partial charge is 0.366 e. The molecule has 24 heavy (non-hydrogen) atoms. The molecule has 0 amide bonds. The predicted molar refractivity (Wildman–Crippen MR) is 97.7 cm³/mol. The lowest BCUT2D eigenvalue weighted by molar-refractivity contribution is 0.961. The molecule has 2 aromatic carbocycles. The molecule has 1 aromatic heterocycles. The topological polar surface area (TPSA) is 41.0 Å². The summed E-state index contributed by atoms with van der Waals surface area (Å²) in [4.78, 5) is 11.1. The monoisotopic (exact) mass is 316 g/mol. The van der Waals surface area contributed by atoms with E-state index >= 15 is 0 Å². The van der Waals surface area contributed by atoms with Crippen LogP contribution in [0.3, 0.4) is 0 Å². The van der Waals surface area contributed by atoms with Crippen molar-refractivity contribution in [2.45, 2.75) is 19.9 Å². The molecular weight excluding hydrogens is 296 g/mol. The summed E-state index contributed by atoms with van der Waals surface area (Å²) in [5, 5.41) is 3.39. The molecule has 1 aliphatic rings. The number of benzene rings is 2. The van der Waals surface area contributed by atoms with E-state index in [1.165, 1.54) is 22.4 Å². The Labute approximate surface area is 142 Å². The second-order valence-corrected chi connectivity index (χ2v) is 6.13. The van der Waals surface area contributed by atoms with E-state index in [1.807, 2.05) is 6.07 Å². The lowest BCUT2D eigenvalue weighted by atomic mass is 10.1. The van der Waals surface area contributed by atoms with Crippen LogP contribution in [0.5, 0.6) is 0 Å². The van der Waals surface area contributed by atoms with Crippen molar-refractivity contribution in [1.82, 2.24) is 9.97 Å². The molecule has 1 N–H and O–H groups in total. The Morgan fingerprint density at radius 2 is 1.88 bits per heavy atom. The van der Waals surface area contributed by atoms with Crippen molar-refractivity contribution in [2.24, 2.45) is 0 Å². The zero-order valence-electron chi connectivity index (χ0n) is 13.7. The molecule has 0 spiro atoms. The molecule has 4 rings (SSSR count). The molecule has 0 saturated carbocycles. The number of hydrogen-bond donors (Lipinski definition) is 1. The van der Waals surface area contributed by atoms with Crippen LogP contribution in [0.2, 0.25) is 0 Å². The number of rotatable bonds is 4. The SMILES string of the molecule is Cc1ccc(CNc2cc(N3CCc4ccccc43)ncn2)cc1. The average molecular weight is 316 g/mol. The van der Waals surface area contributed by atoms with Crippen LogP contribution >= 0.6 is 0 Å². The highest BCUT2D eigenvalue weighted by molar-refractivity contribution is 5.68. The molecule has 120 valence electrons. The second kappa shape index (κ2) is 6.32. The third-order valence-electron chi connectivity index (χ3n) is 4.41. The molecule has 4 nitrogen and oxygen atoms in total. The van der Waals surface area contributed by atoms with Gasteiger partial charge in [-0.15, -0.1) is 0 Å². The number of nitrogens with zero attached hydrogens (tertiary/aromatic N) is 3. The Bertz CT molecular complexity index is 842. The van der Waals surface area contributed by atoms with Gasteiger partial charge >= 0.3 is 0 Å². The van der Waals surface area contributed by atoms with Crippen molar-refractivity contribution >= 4 is 17.3 Å². The van der Waals surface area contributed by atoms with Crippen LogP contribution in [-0.4, -0.2) is 16.5 Å². The highest BCUT2D eigenvalue weighted by atomic mass is 15.2. The molecule has 0 aliphatic carbocycles. The summed E-state index contributed by atoms with van der Waals surface area (Å²) in [6, 6.07) is 19.1. The number of nitrogens with one attached hydrogen (secondary N) is 1. The second-order valence-electron chi connectivity index (χ2n) is 6.13. The number of hydrogen-bond acceptors (Lipinski definition) is 4. The number of aryl methyl sites for hydroxylation is 1. The van der Waals surface area contributed by atoms with Crippen molar-refractivity contribution in [3.8, 4) is 0 Å². The molecular formula is C20H20N4. The number of para-hydroxylation sites is 1. The highest BCUT2D eigenvalue weighted by Crippen LogP contribution is 2.33. The van der Waals surface area contributed by atoms with E-state index in [0.717, 1.165) is 31.1 Å². The van der Waals surface area contributed by atoms with E-state index in [0.29, 0.717) is 0 Å². The van der Waals surface area contributed by atoms with Crippen molar-refractivity contribution in [3.05, 3.63) is 77.6 Å². The lowest BCUT2D eigenvalue weighted by Gasteiger charge is -2.18. The van der Waals surface area contributed by atoms with Gasteiger partial charge in [-0.2, -0.15) is 0 Å². The number of anilines is 3. The van der Waals surface area contributed by atoms with Crippen molar-refractivity contribution < 1.29 is 0 Å². The van der Waals surface area contributed by atoms with Gasteiger partial charge in [0.05, 0.1) is 0 Å². The van der Waals surface area contributed by atoms with Gasteiger partial charge in [-0.1, -0.05) is 48.0 Å². The smallest absolute Gasteiger partial charge is 0.138 e. The first-order valence-corrected chi connectivity index (χ1v) is 8.26. The fourth-order valence-electron chi connectivity index (χ4n) is 3.07. The van der Waals surface area contributed by atoms with E-state index < -0.39 is 0 Å². The van der Waals surface area contributed by atoms with Crippen LogP contribution < -0.4 is 10.2 Å². The lowest BCUT2D eigenvalue weighted by Crippen LogP contribution is -2.15. The summed E-state index contributed by atoms with van der Waals surface area (Å²) in [6.07, 6.45) is 2.69. The number of fused-ring (bicyclic) bond motifs is 1. The minimum absolute atomic E-state index is 0.757. The van der Waals surface area contributed by atoms with E-state index in [4.69, 9.17) is 0 Å². The summed E-state index contributed by atoms with van der Waals surface area (Å²) >= 11 is 0. The van der Waals surface area contributed by atoms with E-state index in [-0.39, 0.29) is 0 Å². The zero-order chi connectivity index (χ0) is 16.4. The first-order chi connectivity index (χ1) is 11.8. The Balaban J connectivity index is 1.51. The average Bonchev–Trinajstić information content (AvgIpc) is 3.06. The Kier molecular flexibility index (Phi) is 3.87. The summed E-state index contributed by atoms with van der Waals surface area (Å²) in [6.45, 7) is 3.82. The first kappa shape index (κ1) is 14.7. The van der Waals surface area contributed by atoms with Gasteiger partial charge in [0, 0.05) is 24.8 Å². The third-order valence-corrected chi connectivity index (χ3v) is 4.41. The molecule has 1 aliphatic heterocycles.